The smallest absolute Gasteiger partial charge is 0.144 e. The molecule has 4 atom stereocenters. The second-order valence-electron chi connectivity index (χ2n) is 3.75. The molecule has 3 nitrogen and oxygen atoms in total. The summed E-state index contributed by atoms with van der Waals surface area (Å²) in [6, 6.07) is 0.175. The molecule has 3 heteroatoms. The number of fused-ring (bicyclic) bond motifs is 5. The Balaban J connectivity index is 2.00. The van der Waals surface area contributed by atoms with Crippen LogP contribution in [0.15, 0.2) is 11.6 Å². The second kappa shape index (κ2) is 1.86. The monoisotopic (exact) mass is 153 g/mol. The Morgan fingerprint density at radius 3 is 3.36 bits per heavy atom. The van der Waals surface area contributed by atoms with Crippen molar-refractivity contribution in [2.75, 3.05) is 6.61 Å². The van der Waals surface area contributed by atoms with E-state index in [1.807, 2.05) is 0 Å². The average molecular weight is 153 g/mol. The summed E-state index contributed by atoms with van der Waals surface area (Å²) in [4.78, 5) is 5.02. The summed E-state index contributed by atoms with van der Waals surface area (Å²) in [6.45, 7) is 0.686. The predicted molar refractivity (Wildman–Crippen MR) is 38.4 cm³/mol. The minimum absolute atomic E-state index is 0.0310. The van der Waals surface area contributed by atoms with Crippen LogP contribution in [-0.2, 0) is 4.84 Å². The molecule has 2 fully saturated rings. The average Bonchev–Trinajstić information content (AvgIpc) is 2.60. The van der Waals surface area contributed by atoms with Crippen molar-refractivity contribution in [1.82, 2.24) is 0 Å². The molecule has 11 heavy (non-hydrogen) atoms. The highest BCUT2D eigenvalue weighted by atomic mass is 16.9. The van der Waals surface area contributed by atoms with Crippen molar-refractivity contribution < 1.29 is 10.1 Å². The molecule has 2 aliphatic carbocycles. The van der Waals surface area contributed by atoms with E-state index in [4.69, 9.17) is 4.84 Å². The molecule has 0 aromatic heterocycles. The Morgan fingerprint density at radius 2 is 2.55 bits per heavy atom. The molecule has 0 aromatic carbocycles. The molecule has 0 amide bonds. The highest BCUT2D eigenvalue weighted by Crippen LogP contribution is 2.44. The van der Waals surface area contributed by atoms with E-state index in [1.54, 1.807) is 0 Å². The number of hydrogen-bond acceptors (Lipinski definition) is 2. The van der Waals surface area contributed by atoms with Crippen LogP contribution < -0.4 is 5.23 Å². The quantitative estimate of drug-likeness (QED) is 0.381. The molecule has 0 aromatic rings. The summed E-state index contributed by atoms with van der Waals surface area (Å²) in [6.07, 6.45) is 4.59. The van der Waals surface area contributed by atoms with Gasteiger partial charge in [-0.05, 0) is 24.3 Å². The van der Waals surface area contributed by atoms with Gasteiger partial charge in [0.25, 0.3) is 0 Å². The Morgan fingerprint density at radius 1 is 1.64 bits per heavy atom. The van der Waals surface area contributed by atoms with E-state index in [9.17, 15) is 5.21 Å². The molecule has 1 aliphatic heterocycles. The maximum absolute atomic E-state index is 11.2. The third-order valence-electron chi connectivity index (χ3n) is 3.29. The van der Waals surface area contributed by atoms with Crippen LogP contribution in [-0.4, -0.2) is 12.6 Å². The van der Waals surface area contributed by atoms with Crippen LogP contribution in [0.25, 0.3) is 0 Å². The van der Waals surface area contributed by atoms with Gasteiger partial charge in [0.05, 0.1) is 5.92 Å². The van der Waals surface area contributed by atoms with Crippen LogP contribution in [0.2, 0.25) is 0 Å². The van der Waals surface area contributed by atoms with Gasteiger partial charge in [0.2, 0.25) is 0 Å². The molecule has 60 valence electrons. The predicted octanol–water partition coefficient (Wildman–Crippen LogP) is -0.351. The van der Waals surface area contributed by atoms with Crippen molar-refractivity contribution in [1.29, 1.82) is 0 Å². The van der Waals surface area contributed by atoms with Crippen LogP contribution in [0, 0.1) is 17.0 Å². The first-order valence-corrected chi connectivity index (χ1v) is 4.22. The SMILES string of the molecule is [O-][NH+]1OCC2C3CC=C(C3)C21. The van der Waals surface area contributed by atoms with Crippen molar-refractivity contribution in [3.8, 4) is 0 Å². The first-order valence-electron chi connectivity index (χ1n) is 4.22. The number of rotatable bonds is 0. The van der Waals surface area contributed by atoms with Crippen LogP contribution in [0.1, 0.15) is 12.8 Å². The largest absolute Gasteiger partial charge is 0.599 e. The van der Waals surface area contributed by atoms with Gasteiger partial charge >= 0.3 is 0 Å². The molecule has 1 saturated carbocycles. The summed E-state index contributed by atoms with van der Waals surface area (Å²) in [5.41, 5.74) is 1.36. The van der Waals surface area contributed by atoms with Crippen molar-refractivity contribution in [3.05, 3.63) is 16.9 Å². The molecule has 0 radical (unpaired) electrons. The first-order chi connectivity index (χ1) is 5.36. The molecule has 4 unspecified atom stereocenters. The van der Waals surface area contributed by atoms with Gasteiger partial charge in [0.15, 0.2) is 0 Å². The second-order valence-corrected chi connectivity index (χ2v) is 3.75. The number of nitrogens with one attached hydrogen (secondary N) is 1. The third-order valence-corrected chi connectivity index (χ3v) is 3.29. The molecule has 1 heterocycles. The van der Waals surface area contributed by atoms with Gasteiger partial charge in [-0.15, -0.1) is 0 Å². The van der Waals surface area contributed by atoms with Gasteiger partial charge in [0, 0.05) is 0 Å². The number of allylic oxidation sites excluding steroid dienone is 1. The first kappa shape index (κ1) is 6.17. The lowest BCUT2D eigenvalue weighted by Crippen LogP contribution is -3.08. The highest BCUT2D eigenvalue weighted by Gasteiger charge is 2.51. The van der Waals surface area contributed by atoms with Crippen molar-refractivity contribution >= 4 is 0 Å². The Hall–Kier alpha value is -0.380. The molecule has 3 aliphatic rings. The van der Waals surface area contributed by atoms with E-state index in [0.29, 0.717) is 12.5 Å². The number of quaternary nitrogens is 1. The van der Waals surface area contributed by atoms with E-state index in [-0.39, 0.29) is 11.3 Å². The van der Waals surface area contributed by atoms with Gasteiger partial charge in [-0.1, -0.05) is 6.08 Å². The number of hydrogen-bond donors (Lipinski definition) is 1. The summed E-state index contributed by atoms with van der Waals surface area (Å²) in [5.74, 6) is 1.28. The Kier molecular flexibility index (Phi) is 1.04. The zero-order chi connectivity index (χ0) is 7.42. The highest BCUT2D eigenvalue weighted by molar-refractivity contribution is 5.24. The summed E-state index contributed by atoms with van der Waals surface area (Å²) < 4.78 is 0. The van der Waals surface area contributed by atoms with Crippen molar-refractivity contribution in [2.24, 2.45) is 11.8 Å². The fourth-order valence-electron chi connectivity index (χ4n) is 2.73. The van der Waals surface area contributed by atoms with E-state index in [0.717, 1.165) is 5.92 Å². The minimum atomic E-state index is 0.0310. The normalized spacial score (nSPS) is 53.0. The molecule has 2 bridgehead atoms. The van der Waals surface area contributed by atoms with Gasteiger partial charge in [-0.25, -0.2) is 10.1 Å². The van der Waals surface area contributed by atoms with Crippen LogP contribution in [0.5, 0.6) is 0 Å². The van der Waals surface area contributed by atoms with Gasteiger partial charge in [-0.3, -0.25) is 0 Å². The van der Waals surface area contributed by atoms with Crippen LogP contribution in [0.4, 0.5) is 0 Å². The summed E-state index contributed by atoms with van der Waals surface area (Å²) in [7, 11) is 0. The van der Waals surface area contributed by atoms with Gasteiger partial charge in [-0.2, -0.15) is 0 Å². The molecular weight excluding hydrogens is 142 g/mol. The van der Waals surface area contributed by atoms with E-state index >= 15 is 0 Å². The lowest BCUT2D eigenvalue weighted by atomic mass is 9.90. The molecule has 1 N–H and O–H groups in total. The molecule has 1 saturated heterocycles. The number of hydroxylamine groups is 2. The van der Waals surface area contributed by atoms with E-state index < -0.39 is 0 Å². The van der Waals surface area contributed by atoms with Crippen LogP contribution >= 0.6 is 0 Å². The standard InChI is InChI=1S/C8H11NO2/c10-9-8-6-2-1-5(3-6)7(8)4-11-9/h2,5,7-9H,1,3-4H2. The summed E-state index contributed by atoms with van der Waals surface area (Å²) in [5, 5.41) is 11.2. The molecular formula is C8H11NO2. The lowest BCUT2D eigenvalue weighted by molar-refractivity contribution is -1.05. The van der Waals surface area contributed by atoms with E-state index in [1.165, 1.54) is 18.4 Å². The van der Waals surface area contributed by atoms with Crippen molar-refractivity contribution in [2.45, 2.75) is 18.9 Å². The Labute approximate surface area is 65.2 Å². The van der Waals surface area contributed by atoms with Crippen molar-refractivity contribution in [3.63, 3.8) is 0 Å². The van der Waals surface area contributed by atoms with E-state index in [2.05, 4.69) is 6.08 Å². The zero-order valence-electron chi connectivity index (χ0n) is 6.25. The third kappa shape index (κ3) is 0.637. The molecule has 0 spiro atoms. The fourth-order valence-corrected chi connectivity index (χ4v) is 2.73. The lowest BCUT2D eigenvalue weighted by Gasteiger charge is -2.22. The van der Waals surface area contributed by atoms with Gasteiger partial charge < -0.3 is 5.21 Å². The summed E-state index contributed by atoms with van der Waals surface area (Å²) >= 11 is 0. The maximum atomic E-state index is 11.2. The van der Waals surface area contributed by atoms with Crippen LogP contribution in [0.3, 0.4) is 0 Å². The maximum Gasteiger partial charge on any atom is 0.144 e. The van der Waals surface area contributed by atoms with Gasteiger partial charge in [0.1, 0.15) is 12.6 Å². The Bertz CT molecular complexity index is 226. The zero-order valence-corrected chi connectivity index (χ0v) is 6.25. The topological polar surface area (TPSA) is 36.7 Å². The molecule has 3 rings (SSSR count). The fraction of sp³-hybridized carbons (Fsp3) is 0.750. The minimum Gasteiger partial charge on any atom is -0.599 e.